The topological polar surface area (TPSA) is 75.9 Å². The second-order valence-corrected chi connectivity index (χ2v) is 7.22. The van der Waals surface area contributed by atoms with Crippen molar-refractivity contribution in [2.24, 2.45) is 0 Å². The van der Waals surface area contributed by atoms with Gasteiger partial charge in [0.25, 0.3) is 0 Å². The van der Waals surface area contributed by atoms with Crippen LogP contribution in [0.3, 0.4) is 0 Å². The largest absolute Gasteiger partial charge is 0.396 e. The molecule has 0 amide bonds. The van der Waals surface area contributed by atoms with Crippen molar-refractivity contribution in [3.05, 3.63) is 18.2 Å². The molecule has 112 valence electrons. The van der Waals surface area contributed by atoms with Crippen LogP contribution in [0.25, 0.3) is 0 Å². The molecule has 0 spiro atoms. The highest BCUT2D eigenvalue weighted by Gasteiger charge is 2.25. The molecular formula is C13H21N3O3S. The van der Waals surface area contributed by atoms with Gasteiger partial charge >= 0.3 is 0 Å². The Balaban J connectivity index is 2.42. The van der Waals surface area contributed by atoms with E-state index in [0.717, 1.165) is 5.69 Å². The third-order valence-electron chi connectivity index (χ3n) is 3.38. The molecule has 1 aliphatic rings. The number of ether oxygens (including phenoxy) is 1. The van der Waals surface area contributed by atoms with E-state index >= 15 is 0 Å². The molecule has 2 rings (SSSR count). The minimum Gasteiger partial charge on any atom is -0.396 e. The van der Waals surface area contributed by atoms with Crippen LogP contribution in [0.5, 0.6) is 0 Å². The third kappa shape index (κ3) is 2.74. The number of hydrogen-bond acceptors (Lipinski definition) is 5. The number of anilines is 2. The van der Waals surface area contributed by atoms with Crippen LogP contribution in [0, 0.1) is 0 Å². The quantitative estimate of drug-likeness (QED) is 0.833. The molecule has 0 saturated carbocycles. The van der Waals surface area contributed by atoms with Gasteiger partial charge in [-0.15, -0.1) is 0 Å². The number of benzene rings is 1. The minimum atomic E-state index is -3.53. The van der Waals surface area contributed by atoms with Gasteiger partial charge in [-0.05, 0) is 19.1 Å². The first kappa shape index (κ1) is 15.1. The van der Waals surface area contributed by atoms with Gasteiger partial charge in [-0.25, -0.2) is 12.7 Å². The van der Waals surface area contributed by atoms with Gasteiger partial charge in [-0.2, -0.15) is 0 Å². The lowest BCUT2D eigenvalue weighted by Gasteiger charge is -2.34. The van der Waals surface area contributed by atoms with Crippen LogP contribution < -0.4 is 10.6 Å². The number of nitrogen functional groups attached to an aromatic ring is 1. The van der Waals surface area contributed by atoms with Gasteiger partial charge in [0.1, 0.15) is 4.90 Å². The standard InChI is InChI=1S/C13H21N3O3S/c1-10-9-16(7-8-19-10)11-5-4-6-12(13(11)14)20(17,18)15(2)3/h4-6,10H,7-9,14H2,1-3H3. The summed E-state index contributed by atoms with van der Waals surface area (Å²) in [6.45, 7) is 4.02. The molecule has 1 atom stereocenters. The van der Waals surface area contributed by atoms with Crippen molar-refractivity contribution in [3.8, 4) is 0 Å². The molecule has 2 N–H and O–H groups in total. The molecule has 0 aliphatic carbocycles. The first-order valence-electron chi connectivity index (χ1n) is 6.51. The lowest BCUT2D eigenvalue weighted by Crippen LogP contribution is -2.41. The number of rotatable bonds is 3. The van der Waals surface area contributed by atoms with Crippen molar-refractivity contribution < 1.29 is 13.2 Å². The number of morpholine rings is 1. The fourth-order valence-electron chi connectivity index (χ4n) is 2.27. The summed E-state index contributed by atoms with van der Waals surface area (Å²) in [6, 6.07) is 5.11. The fourth-order valence-corrected chi connectivity index (χ4v) is 3.29. The average Bonchev–Trinajstić information content (AvgIpc) is 2.38. The molecule has 1 fully saturated rings. The number of para-hydroxylation sites is 1. The van der Waals surface area contributed by atoms with E-state index in [-0.39, 0.29) is 11.0 Å². The van der Waals surface area contributed by atoms with Gasteiger partial charge in [0.05, 0.1) is 24.1 Å². The Kier molecular flexibility index (Phi) is 4.22. The maximum Gasteiger partial charge on any atom is 0.244 e. The summed E-state index contributed by atoms with van der Waals surface area (Å²) in [4.78, 5) is 2.22. The van der Waals surface area contributed by atoms with Crippen LogP contribution in [-0.2, 0) is 14.8 Å². The highest BCUT2D eigenvalue weighted by Crippen LogP contribution is 2.31. The predicted molar refractivity (Wildman–Crippen MR) is 79.4 cm³/mol. The van der Waals surface area contributed by atoms with E-state index in [0.29, 0.717) is 25.4 Å². The minimum absolute atomic E-state index is 0.109. The van der Waals surface area contributed by atoms with Gasteiger partial charge < -0.3 is 15.4 Å². The predicted octanol–water partition coefficient (Wildman–Crippen LogP) is 0.744. The second-order valence-electron chi connectivity index (χ2n) is 5.10. The maximum absolute atomic E-state index is 12.3. The van der Waals surface area contributed by atoms with Crippen LogP contribution >= 0.6 is 0 Å². The Morgan fingerprint density at radius 1 is 1.40 bits per heavy atom. The average molecular weight is 299 g/mol. The molecular weight excluding hydrogens is 278 g/mol. The summed E-state index contributed by atoms with van der Waals surface area (Å²) in [7, 11) is -0.535. The fraction of sp³-hybridized carbons (Fsp3) is 0.538. The van der Waals surface area contributed by atoms with E-state index in [9.17, 15) is 8.42 Å². The van der Waals surface area contributed by atoms with Crippen LogP contribution in [0.15, 0.2) is 23.1 Å². The highest BCUT2D eigenvalue weighted by atomic mass is 32.2. The zero-order valence-electron chi connectivity index (χ0n) is 12.0. The number of sulfonamides is 1. The maximum atomic E-state index is 12.3. The zero-order valence-corrected chi connectivity index (χ0v) is 12.9. The summed E-state index contributed by atoms with van der Waals surface area (Å²) in [5.74, 6) is 0. The molecule has 1 heterocycles. The molecule has 1 saturated heterocycles. The van der Waals surface area contributed by atoms with E-state index in [1.165, 1.54) is 24.5 Å². The van der Waals surface area contributed by atoms with E-state index in [4.69, 9.17) is 10.5 Å². The van der Waals surface area contributed by atoms with E-state index in [1.807, 2.05) is 13.0 Å². The lowest BCUT2D eigenvalue weighted by molar-refractivity contribution is 0.0532. The first-order chi connectivity index (χ1) is 9.34. The number of hydrogen-bond donors (Lipinski definition) is 1. The SMILES string of the molecule is CC1CN(c2cccc(S(=O)(=O)N(C)C)c2N)CCO1. The first-order valence-corrected chi connectivity index (χ1v) is 7.95. The molecule has 1 aromatic carbocycles. The Morgan fingerprint density at radius 2 is 2.10 bits per heavy atom. The Hall–Kier alpha value is -1.31. The van der Waals surface area contributed by atoms with Crippen molar-refractivity contribution in [1.82, 2.24) is 4.31 Å². The summed E-state index contributed by atoms with van der Waals surface area (Å²) in [6.07, 6.45) is 0.109. The molecule has 0 aromatic heterocycles. The van der Waals surface area contributed by atoms with E-state index in [1.54, 1.807) is 6.07 Å². The normalized spacial score (nSPS) is 20.4. The van der Waals surface area contributed by atoms with Gasteiger partial charge in [0, 0.05) is 27.2 Å². The van der Waals surface area contributed by atoms with Gasteiger partial charge in [0.2, 0.25) is 10.0 Å². The lowest BCUT2D eigenvalue weighted by atomic mass is 10.2. The summed E-state index contributed by atoms with van der Waals surface area (Å²) >= 11 is 0. The van der Waals surface area contributed by atoms with Crippen molar-refractivity contribution in [3.63, 3.8) is 0 Å². The third-order valence-corrected chi connectivity index (χ3v) is 5.26. The molecule has 1 aromatic rings. The molecule has 0 bridgehead atoms. The van der Waals surface area contributed by atoms with Crippen LogP contribution in [0.4, 0.5) is 11.4 Å². The summed E-state index contributed by atoms with van der Waals surface area (Å²) in [5, 5.41) is 0. The van der Waals surface area contributed by atoms with Crippen molar-refractivity contribution in [1.29, 1.82) is 0 Å². The van der Waals surface area contributed by atoms with Crippen LogP contribution in [-0.4, -0.2) is 52.6 Å². The van der Waals surface area contributed by atoms with Crippen LogP contribution in [0.1, 0.15) is 6.92 Å². The molecule has 0 radical (unpaired) electrons. The summed E-state index contributed by atoms with van der Waals surface area (Å²) in [5.41, 5.74) is 7.15. The van der Waals surface area contributed by atoms with Gasteiger partial charge in [-0.1, -0.05) is 6.07 Å². The highest BCUT2D eigenvalue weighted by molar-refractivity contribution is 7.89. The Labute approximate surface area is 120 Å². The van der Waals surface area contributed by atoms with E-state index < -0.39 is 10.0 Å². The molecule has 1 aliphatic heterocycles. The van der Waals surface area contributed by atoms with Crippen molar-refractivity contribution >= 4 is 21.4 Å². The van der Waals surface area contributed by atoms with Crippen LogP contribution in [0.2, 0.25) is 0 Å². The van der Waals surface area contributed by atoms with Gasteiger partial charge in [0.15, 0.2) is 0 Å². The monoisotopic (exact) mass is 299 g/mol. The van der Waals surface area contributed by atoms with Crippen molar-refractivity contribution in [2.45, 2.75) is 17.9 Å². The van der Waals surface area contributed by atoms with Gasteiger partial charge in [-0.3, -0.25) is 0 Å². The second kappa shape index (κ2) is 5.59. The smallest absolute Gasteiger partial charge is 0.244 e. The molecule has 1 unspecified atom stereocenters. The summed E-state index contributed by atoms with van der Waals surface area (Å²) < 4.78 is 31.2. The van der Waals surface area contributed by atoms with Crippen molar-refractivity contribution in [2.75, 3.05) is 44.4 Å². The number of nitrogens with two attached hydrogens (primary N) is 1. The molecule has 20 heavy (non-hydrogen) atoms. The van der Waals surface area contributed by atoms with E-state index in [2.05, 4.69) is 4.90 Å². The zero-order chi connectivity index (χ0) is 14.9. The Morgan fingerprint density at radius 3 is 2.70 bits per heavy atom. The Bertz CT molecular complexity index is 587. The molecule has 6 nitrogen and oxygen atoms in total. The molecule has 7 heteroatoms. The number of nitrogens with zero attached hydrogens (tertiary/aromatic N) is 2.